The number of hydrogen-bond acceptors (Lipinski definition) is 4. The van der Waals surface area contributed by atoms with Gasteiger partial charge in [-0.15, -0.1) is 0 Å². The summed E-state index contributed by atoms with van der Waals surface area (Å²) >= 11 is 0. The zero-order valence-corrected chi connectivity index (χ0v) is 20.9. The number of Topliss-reactive ketones (excluding diaryl/α,β-unsaturated/α-hetero) is 1. The highest BCUT2D eigenvalue weighted by Gasteiger charge is 2.38. The van der Waals surface area contributed by atoms with Crippen LogP contribution in [0, 0.1) is 5.82 Å². The van der Waals surface area contributed by atoms with Crippen LogP contribution < -0.4 is 10.2 Å². The molecule has 2 heterocycles. The number of rotatable bonds is 7. The third-order valence-electron chi connectivity index (χ3n) is 6.42. The summed E-state index contributed by atoms with van der Waals surface area (Å²) in [5.41, 5.74) is 2.34. The Morgan fingerprint density at radius 3 is 2.15 bits per heavy atom. The van der Waals surface area contributed by atoms with Crippen molar-refractivity contribution in [3.05, 3.63) is 83.9 Å². The van der Waals surface area contributed by atoms with Crippen LogP contribution in [0.4, 0.5) is 28.0 Å². The van der Waals surface area contributed by atoms with Gasteiger partial charge >= 0.3 is 18.1 Å². The quantitative estimate of drug-likeness (QED) is 0.322. The Balaban J connectivity index is 1.55. The highest BCUT2D eigenvalue weighted by molar-refractivity contribution is 6.00. The topological polar surface area (TPSA) is 82.6 Å². The molecule has 1 N–H and O–H groups in total. The van der Waals surface area contributed by atoms with Gasteiger partial charge in [-0.2, -0.15) is 13.2 Å². The van der Waals surface area contributed by atoms with Crippen molar-refractivity contribution in [3.8, 4) is 11.1 Å². The average molecular weight is 543 g/mol. The molecule has 0 unspecified atom stereocenters. The third kappa shape index (κ3) is 6.98. The van der Waals surface area contributed by atoms with Gasteiger partial charge in [-0.1, -0.05) is 24.3 Å². The lowest BCUT2D eigenvalue weighted by atomic mass is 10.1. The Morgan fingerprint density at radius 1 is 0.897 bits per heavy atom. The van der Waals surface area contributed by atoms with Crippen LogP contribution in [0.3, 0.4) is 0 Å². The predicted octanol–water partition coefficient (Wildman–Crippen LogP) is 5.36. The smallest absolute Gasteiger partial charge is 0.341 e. The number of anilines is 1. The SMILES string of the molecule is O=C(CNC(=O)C(F)(F)F)c1ccc(CN(C(=O)N2CCCCC2)c2ccc(-c3ccncc3)cc2)c(F)c1. The number of likely N-dealkylation sites (tertiary alicyclic amines) is 1. The fourth-order valence-corrected chi connectivity index (χ4v) is 4.29. The lowest BCUT2D eigenvalue weighted by Gasteiger charge is -2.33. The number of pyridine rings is 1. The van der Waals surface area contributed by atoms with Gasteiger partial charge in [-0.05, 0) is 60.7 Å². The van der Waals surface area contributed by atoms with Gasteiger partial charge in [0, 0.05) is 42.3 Å². The Bertz CT molecular complexity index is 1320. The van der Waals surface area contributed by atoms with E-state index >= 15 is 4.39 Å². The highest BCUT2D eigenvalue weighted by Crippen LogP contribution is 2.26. The molecule has 0 spiro atoms. The number of hydrogen-bond donors (Lipinski definition) is 1. The summed E-state index contributed by atoms with van der Waals surface area (Å²) < 4.78 is 52.2. The summed E-state index contributed by atoms with van der Waals surface area (Å²) in [4.78, 5) is 43.9. The van der Waals surface area contributed by atoms with Crippen molar-refractivity contribution in [2.45, 2.75) is 32.0 Å². The number of benzene rings is 2. The maximum Gasteiger partial charge on any atom is 0.471 e. The van der Waals surface area contributed by atoms with Gasteiger partial charge < -0.3 is 10.2 Å². The van der Waals surface area contributed by atoms with Gasteiger partial charge in [0.1, 0.15) is 5.82 Å². The molecular formula is C28H26F4N4O3. The van der Waals surface area contributed by atoms with Crippen LogP contribution in [0.25, 0.3) is 11.1 Å². The number of carbonyl (C=O) groups is 3. The van der Waals surface area contributed by atoms with E-state index in [0.717, 1.165) is 36.5 Å². The molecule has 0 saturated carbocycles. The van der Waals surface area contributed by atoms with Gasteiger partial charge in [0.2, 0.25) is 0 Å². The lowest BCUT2D eigenvalue weighted by Crippen LogP contribution is -2.45. The molecule has 0 bridgehead atoms. The summed E-state index contributed by atoms with van der Waals surface area (Å²) in [5.74, 6) is -3.94. The van der Waals surface area contributed by atoms with Crippen LogP contribution in [0.5, 0.6) is 0 Å². The number of alkyl halides is 3. The standard InChI is InChI=1S/C28H26F4N4O3/c29-24-16-21(25(37)17-34-26(38)28(30,31)32)4-5-22(24)18-36(27(39)35-14-2-1-3-15-35)23-8-6-19(7-9-23)20-10-12-33-13-11-20/h4-13,16H,1-3,14-15,17-18H2,(H,34,38). The van der Waals surface area contributed by atoms with Crippen LogP contribution in [0.1, 0.15) is 35.2 Å². The fourth-order valence-electron chi connectivity index (χ4n) is 4.29. The molecule has 3 amide bonds. The molecule has 1 aliphatic heterocycles. The highest BCUT2D eigenvalue weighted by atomic mass is 19.4. The van der Waals surface area contributed by atoms with Crippen LogP contribution >= 0.6 is 0 Å². The largest absolute Gasteiger partial charge is 0.471 e. The summed E-state index contributed by atoms with van der Waals surface area (Å²) in [6, 6.07) is 14.2. The molecule has 0 aliphatic carbocycles. The second kappa shape index (κ2) is 12.1. The predicted molar refractivity (Wildman–Crippen MR) is 136 cm³/mol. The summed E-state index contributed by atoms with van der Waals surface area (Å²) in [7, 11) is 0. The first-order valence-electron chi connectivity index (χ1n) is 12.4. The number of aromatic nitrogens is 1. The summed E-state index contributed by atoms with van der Waals surface area (Å²) in [6.07, 6.45) is 0.995. The molecule has 39 heavy (non-hydrogen) atoms. The Morgan fingerprint density at radius 2 is 1.54 bits per heavy atom. The van der Waals surface area contributed by atoms with E-state index in [2.05, 4.69) is 4.98 Å². The molecule has 204 valence electrons. The summed E-state index contributed by atoms with van der Waals surface area (Å²) in [5, 5.41) is 1.48. The number of piperidine rings is 1. The van der Waals surface area contributed by atoms with E-state index in [0.29, 0.717) is 18.8 Å². The minimum absolute atomic E-state index is 0.120. The van der Waals surface area contributed by atoms with E-state index in [1.807, 2.05) is 24.3 Å². The second-order valence-electron chi connectivity index (χ2n) is 9.11. The normalized spacial score (nSPS) is 13.6. The number of nitrogens with zero attached hydrogens (tertiary/aromatic N) is 3. The summed E-state index contributed by atoms with van der Waals surface area (Å²) in [6.45, 7) is 0.115. The monoisotopic (exact) mass is 542 g/mol. The van der Waals surface area contributed by atoms with E-state index in [4.69, 9.17) is 0 Å². The van der Waals surface area contributed by atoms with Crippen molar-refractivity contribution in [3.63, 3.8) is 0 Å². The Kier molecular flexibility index (Phi) is 8.58. The maximum absolute atomic E-state index is 15.1. The van der Waals surface area contributed by atoms with E-state index in [9.17, 15) is 27.6 Å². The maximum atomic E-state index is 15.1. The number of amides is 3. The number of nitrogens with one attached hydrogen (secondary N) is 1. The second-order valence-corrected chi connectivity index (χ2v) is 9.11. The van der Waals surface area contributed by atoms with Gasteiger partial charge in [0.05, 0.1) is 13.1 Å². The third-order valence-corrected chi connectivity index (χ3v) is 6.42. The van der Waals surface area contributed by atoms with E-state index < -0.39 is 30.2 Å². The molecule has 11 heteroatoms. The number of urea groups is 1. The van der Waals surface area contributed by atoms with Gasteiger partial charge in [-0.25, -0.2) is 9.18 Å². The number of ketones is 1. The molecule has 0 radical (unpaired) electrons. The minimum Gasteiger partial charge on any atom is -0.341 e. The molecule has 2 aromatic carbocycles. The van der Waals surface area contributed by atoms with Crippen molar-refractivity contribution >= 4 is 23.4 Å². The van der Waals surface area contributed by atoms with Crippen molar-refractivity contribution < 1.29 is 31.9 Å². The zero-order valence-electron chi connectivity index (χ0n) is 20.9. The van der Waals surface area contributed by atoms with Crippen LogP contribution in [0.2, 0.25) is 0 Å². The zero-order chi connectivity index (χ0) is 28.0. The van der Waals surface area contributed by atoms with Crippen LogP contribution in [0.15, 0.2) is 67.0 Å². The van der Waals surface area contributed by atoms with Gasteiger partial charge in [0.25, 0.3) is 0 Å². The molecule has 7 nitrogen and oxygen atoms in total. The van der Waals surface area contributed by atoms with Crippen molar-refractivity contribution in [1.29, 1.82) is 0 Å². The Hall–Kier alpha value is -4.28. The first-order valence-corrected chi connectivity index (χ1v) is 12.4. The van der Waals surface area contributed by atoms with Crippen LogP contribution in [-0.2, 0) is 11.3 Å². The van der Waals surface area contributed by atoms with Gasteiger partial charge in [-0.3, -0.25) is 19.5 Å². The molecule has 4 rings (SSSR count). The fraction of sp³-hybridized carbons (Fsp3) is 0.286. The molecule has 1 aliphatic rings. The van der Waals surface area contributed by atoms with Gasteiger partial charge in [0.15, 0.2) is 5.78 Å². The number of halogens is 4. The average Bonchev–Trinajstić information content (AvgIpc) is 2.95. The minimum atomic E-state index is -5.13. The molecule has 1 fully saturated rings. The molecule has 0 atom stereocenters. The van der Waals surface area contributed by atoms with Crippen molar-refractivity contribution in [2.75, 3.05) is 24.5 Å². The van der Waals surface area contributed by atoms with E-state index in [1.54, 1.807) is 29.4 Å². The molecule has 1 saturated heterocycles. The first-order chi connectivity index (χ1) is 18.6. The van der Waals surface area contributed by atoms with E-state index in [1.165, 1.54) is 22.3 Å². The van der Waals surface area contributed by atoms with E-state index in [-0.39, 0.29) is 23.7 Å². The van der Waals surface area contributed by atoms with Crippen molar-refractivity contribution in [2.24, 2.45) is 0 Å². The van der Waals surface area contributed by atoms with Crippen LogP contribution in [-0.4, -0.2) is 53.4 Å². The molecule has 3 aromatic rings. The molecule has 1 aromatic heterocycles. The molecular weight excluding hydrogens is 516 g/mol. The number of carbonyl (C=O) groups excluding carboxylic acids is 3. The van der Waals surface area contributed by atoms with Crippen molar-refractivity contribution in [1.82, 2.24) is 15.2 Å². The Labute approximate surface area is 222 Å². The lowest BCUT2D eigenvalue weighted by molar-refractivity contribution is -0.173. The first kappa shape index (κ1) is 27.7.